The molecule has 0 saturated heterocycles. The largest absolute Gasteiger partial charge is 0.597 e. The number of hydrogen-bond donors (Lipinski definition) is 4. The number of carbonyl (C=O) groups excluding carboxylic acids is 1. The molecule has 0 bridgehead atoms. The Labute approximate surface area is 160 Å². The van der Waals surface area contributed by atoms with E-state index in [0.717, 1.165) is 0 Å². The third kappa shape index (κ3) is 6.80. The molecule has 11 nitrogen and oxygen atoms in total. The van der Waals surface area contributed by atoms with Crippen LogP contribution in [-0.2, 0) is 11.3 Å². The van der Waals surface area contributed by atoms with E-state index in [-0.39, 0.29) is 29.9 Å². The normalized spacial score (nSPS) is 11.0. The zero-order valence-electron chi connectivity index (χ0n) is 15.1. The summed E-state index contributed by atoms with van der Waals surface area (Å²) in [6, 6.07) is 11.0. The maximum absolute atomic E-state index is 11.7. The van der Waals surface area contributed by atoms with Crippen molar-refractivity contribution >= 4 is 12.1 Å². The first-order valence-corrected chi connectivity index (χ1v) is 7.72. The molecule has 0 atom stereocenters. The van der Waals surface area contributed by atoms with E-state index in [2.05, 4.69) is 15.8 Å². The van der Waals surface area contributed by atoms with E-state index in [9.17, 15) is 15.1 Å². The van der Waals surface area contributed by atoms with E-state index < -0.39 is 5.91 Å². The monoisotopic (exact) mass is 391 g/mol. The van der Waals surface area contributed by atoms with Gasteiger partial charge in [-0.1, -0.05) is 4.86 Å². The minimum atomic E-state index is -0.492. The molecule has 0 saturated carbocycles. The van der Waals surface area contributed by atoms with Crippen LogP contribution in [-0.4, -0.2) is 41.0 Å². The van der Waals surface area contributed by atoms with Gasteiger partial charge in [0.15, 0.2) is 11.9 Å². The summed E-state index contributed by atoms with van der Waals surface area (Å²) in [7, 11) is 1.49. The highest BCUT2D eigenvalue weighted by molar-refractivity contribution is 5.85. The van der Waals surface area contributed by atoms with Crippen molar-refractivity contribution in [2.24, 2.45) is 10.4 Å². The number of nitrogens with one attached hydrogen (secondary N) is 1. The zero-order valence-corrected chi connectivity index (χ0v) is 15.1. The van der Waals surface area contributed by atoms with Crippen molar-refractivity contribution in [3.8, 4) is 17.2 Å². The summed E-state index contributed by atoms with van der Waals surface area (Å²) in [4.78, 5) is 11.8. The predicted octanol–water partition coefficient (Wildman–Crippen LogP) is 1.94. The fourth-order valence-electron chi connectivity index (χ4n) is 1.99. The number of methoxy groups -OCH3 is 1. The fraction of sp³-hybridized carbons (Fsp3) is 0.176. The summed E-state index contributed by atoms with van der Waals surface area (Å²) in [5.74, 6) is 0.397. The van der Waals surface area contributed by atoms with Crippen LogP contribution in [0.2, 0.25) is 0 Å². The molecule has 0 aromatic heterocycles. The number of benzene rings is 2. The Balaban J connectivity index is 0.00000392. The van der Waals surface area contributed by atoms with E-state index in [1.54, 1.807) is 36.4 Å². The second-order valence-corrected chi connectivity index (χ2v) is 5.25. The molecule has 11 heteroatoms. The number of phenols is 1. The summed E-state index contributed by atoms with van der Waals surface area (Å²) < 4.78 is 10.3. The van der Waals surface area contributed by atoms with E-state index in [4.69, 9.17) is 14.7 Å². The number of aromatic hydroxyl groups is 1. The van der Waals surface area contributed by atoms with Gasteiger partial charge in [0.25, 0.3) is 5.91 Å². The van der Waals surface area contributed by atoms with E-state index in [1.807, 2.05) is 0 Å². The molecule has 2 rings (SSSR count). The van der Waals surface area contributed by atoms with Gasteiger partial charge in [0.2, 0.25) is 6.54 Å². The maximum Gasteiger partial charge on any atom is 0.277 e. The fourth-order valence-corrected chi connectivity index (χ4v) is 1.99. The number of nitrogens with zero attached hydrogens (tertiary/aromatic N) is 3. The van der Waals surface area contributed by atoms with Gasteiger partial charge in [-0.3, -0.25) is 4.79 Å². The molecule has 6 N–H and O–H groups in total. The summed E-state index contributed by atoms with van der Waals surface area (Å²) in [5, 5.41) is 35.3. The lowest BCUT2D eigenvalue weighted by Gasteiger charge is -2.06. The van der Waals surface area contributed by atoms with Gasteiger partial charge < -0.3 is 31.1 Å². The van der Waals surface area contributed by atoms with Gasteiger partial charge in [-0.2, -0.15) is 5.10 Å². The number of hydrazone groups is 1. The van der Waals surface area contributed by atoms with E-state index in [1.165, 1.54) is 19.4 Å². The second kappa shape index (κ2) is 11.0. The van der Waals surface area contributed by atoms with E-state index >= 15 is 0 Å². The van der Waals surface area contributed by atoms with Crippen LogP contribution in [0.5, 0.6) is 17.2 Å². The van der Waals surface area contributed by atoms with Crippen LogP contribution in [0.25, 0.3) is 0 Å². The van der Waals surface area contributed by atoms with Gasteiger partial charge in [0, 0.05) is 17.2 Å². The molecule has 0 aliphatic heterocycles. The lowest BCUT2D eigenvalue weighted by atomic mass is 10.2. The SMILES string of the molecule is COc1ccc(C=NNC(=O)COc2ccc(C[N+]([O-])=NO)cc2)c(O)c1.N. The third-order valence-electron chi connectivity index (χ3n) is 3.34. The number of carbonyl (C=O) groups is 1. The standard InChI is InChI=1S/C17H18N4O6.H3N/c1-26-15-7-4-13(16(22)8-15)9-18-19-17(23)11-27-14-5-2-12(3-6-14)10-21(25)20-24;/h2-9,22,24H,10-11H2,1H3,(H,19,23);1H3. The molecular formula is C17H21N5O6. The molecular weight excluding hydrogens is 370 g/mol. The number of rotatable bonds is 8. The van der Waals surface area contributed by atoms with Gasteiger partial charge in [-0.25, -0.2) is 5.43 Å². The second-order valence-electron chi connectivity index (χ2n) is 5.25. The number of hydroxylamine groups is 1. The predicted molar refractivity (Wildman–Crippen MR) is 98.9 cm³/mol. The van der Waals surface area contributed by atoms with Gasteiger partial charge in [-0.15, -0.1) is 0 Å². The molecule has 0 spiro atoms. The van der Waals surface area contributed by atoms with Gasteiger partial charge in [0.1, 0.15) is 17.2 Å². The Bertz CT molecular complexity index is 838. The Hall–Kier alpha value is -3.86. The summed E-state index contributed by atoms with van der Waals surface area (Å²) >= 11 is 0. The smallest absolute Gasteiger partial charge is 0.277 e. The molecule has 0 fully saturated rings. The van der Waals surface area contributed by atoms with Crippen LogP contribution in [0.15, 0.2) is 52.8 Å². The van der Waals surface area contributed by atoms with Gasteiger partial charge in [0.05, 0.1) is 13.3 Å². The van der Waals surface area contributed by atoms with Crippen molar-refractivity contribution in [1.29, 1.82) is 0 Å². The van der Waals surface area contributed by atoms with Crippen molar-refractivity contribution in [3.05, 3.63) is 58.8 Å². The van der Waals surface area contributed by atoms with E-state index in [0.29, 0.717) is 22.6 Å². The van der Waals surface area contributed by atoms with Crippen molar-refractivity contribution < 1.29 is 29.4 Å². The van der Waals surface area contributed by atoms with Crippen LogP contribution in [0.4, 0.5) is 0 Å². The lowest BCUT2D eigenvalue weighted by Crippen LogP contribution is -2.24. The summed E-state index contributed by atoms with van der Waals surface area (Å²) in [5.41, 5.74) is 3.30. The number of ether oxygens (including phenoxy) is 2. The topological polar surface area (TPSA) is 174 Å². The highest BCUT2D eigenvalue weighted by Gasteiger charge is 2.05. The quantitative estimate of drug-likeness (QED) is 0.230. The van der Waals surface area contributed by atoms with Crippen molar-refractivity contribution in [1.82, 2.24) is 11.6 Å². The first kappa shape index (κ1) is 22.2. The Morgan fingerprint density at radius 2 is 1.93 bits per heavy atom. The zero-order chi connectivity index (χ0) is 19.6. The molecule has 1 amide bonds. The molecule has 0 heterocycles. The molecule has 28 heavy (non-hydrogen) atoms. The molecule has 150 valence electrons. The van der Waals surface area contributed by atoms with Crippen molar-refractivity contribution in [2.45, 2.75) is 6.54 Å². The lowest BCUT2D eigenvalue weighted by molar-refractivity contribution is -0.570. The molecule has 0 unspecified atom stereocenters. The van der Waals surface area contributed by atoms with Crippen molar-refractivity contribution in [2.75, 3.05) is 13.7 Å². The highest BCUT2D eigenvalue weighted by Crippen LogP contribution is 2.21. The first-order valence-electron chi connectivity index (χ1n) is 7.72. The Morgan fingerprint density at radius 3 is 2.54 bits per heavy atom. The maximum atomic E-state index is 11.7. The average Bonchev–Trinajstić information content (AvgIpc) is 2.68. The molecule has 2 aromatic rings. The first-order chi connectivity index (χ1) is 13.0. The van der Waals surface area contributed by atoms with Crippen LogP contribution < -0.4 is 21.1 Å². The summed E-state index contributed by atoms with van der Waals surface area (Å²) in [6.07, 6.45) is 1.29. The minimum Gasteiger partial charge on any atom is -0.597 e. The number of amides is 1. The molecule has 0 radical (unpaired) electrons. The molecule has 0 aliphatic rings. The Morgan fingerprint density at radius 1 is 1.25 bits per heavy atom. The molecule has 0 aliphatic carbocycles. The summed E-state index contributed by atoms with van der Waals surface area (Å²) in [6.45, 7) is -0.380. The Kier molecular flexibility index (Phi) is 8.70. The van der Waals surface area contributed by atoms with Crippen LogP contribution in [0, 0.1) is 5.21 Å². The third-order valence-corrected chi connectivity index (χ3v) is 3.34. The average molecular weight is 391 g/mol. The van der Waals surface area contributed by atoms with Gasteiger partial charge in [-0.05, 0) is 36.4 Å². The molecule has 2 aromatic carbocycles. The highest BCUT2D eigenvalue weighted by atomic mass is 16.6. The number of hydrogen-bond acceptors (Lipinski definition) is 8. The van der Waals surface area contributed by atoms with Crippen LogP contribution >= 0.6 is 0 Å². The number of phenolic OH excluding ortho intramolecular Hbond substituents is 1. The van der Waals surface area contributed by atoms with Crippen LogP contribution in [0.1, 0.15) is 11.1 Å². The van der Waals surface area contributed by atoms with Crippen molar-refractivity contribution in [3.63, 3.8) is 0 Å². The van der Waals surface area contributed by atoms with Crippen LogP contribution in [0.3, 0.4) is 0 Å². The van der Waals surface area contributed by atoms with Gasteiger partial charge >= 0.3 is 0 Å². The minimum absolute atomic E-state index is 0.